The van der Waals surface area contributed by atoms with Crippen LogP contribution in [0.5, 0.6) is 11.8 Å². The third-order valence-corrected chi connectivity index (χ3v) is 3.44. The Labute approximate surface area is 131 Å². The van der Waals surface area contributed by atoms with E-state index < -0.39 is 5.97 Å². The highest BCUT2D eigenvalue weighted by Crippen LogP contribution is 2.34. The van der Waals surface area contributed by atoms with E-state index in [1.165, 1.54) is 35.0 Å². The minimum atomic E-state index is -1.07. The van der Waals surface area contributed by atoms with E-state index in [2.05, 4.69) is 9.97 Å². The number of pyridine rings is 2. The molecule has 0 aromatic carbocycles. The van der Waals surface area contributed by atoms with Gasteiger partial charge in [0.1, 0.15) is 5.69 Å². The number of rotatable bonds is 3. The van der Waals surface area contributed by atoms with Gasteiger partial charge < -0.3 is 15.3 Å². The quantitative estimate of drug-likeness (QED) is 0.685. The highest BCUT2D eigenvalue weighted by molar-refractivity contribution is 5.89. The van der Waals surface area contributed by atoms with Crippen molar-refractivity contribution in [2.45, 2.75) is 6.92 Å². The van der Waals surface area contributed by atoms with Crippen molar-refractivity contribution in [3.05, 3.63) is 53.9 Å². The molecular formula is C16H13N3O4. The van der Waals surface area contributed by atoms with Crippen molar-refractivity contribution in [2.75, 3.05) is 0 Å². The Morgan fingerprint density at radius 2 is 1.70 bits per heavy atom. The largest absolute Gasteiger partial charge is 0.494 e. The van der Waals surface area contributed by atoms with E-state index in [1.807, 2.05) is 0 Å². The maximum atomic E-state index is 11.1. The molecule has 3 aromatic heterocycles. The molecular weight excluding hydrogens is 298 g/mol. The van der Waals surface area contributed by atoms with Crippen LogP contribution in [0.15, 0.2) is 42.7 Å². The van der Waals surface area contributed by atoms with Crippen LogP contribution in [0.1, 0.15) is 15.9 Å². The Hall–Kier alpha value is -3.35. The number of carbonyl (C=O) groups is 1. The molecule has 0 aliphatic carbocycles. The molecule has 116 valence electrons. The minimum Gasteiger partial charge on any atom is -0.494 e. The van der Waals surface area contributed by atoms with E-state index >= 15 is 0 Å². The second-order valence-electron chi connectivity index (χ2n) is 4.95. The fourth-order valence-electron chi connectivity index (χ4n) is 2.36. The van der Waals surface area contributed by atoms with Gasteiger partial charge in [-0.25, -0.2) is 9.36 Å². The first-order valence-electron chi connectivity index (χ1n) is 6.74. The molecule has 0 spiro atoms. The minimum absolute atomic E-state index is 0.0743. The van der Waals surface area contributed by atoms with Gasteiger partial charge in [-0.05, 0) is 30.7 Å². The van der Waals surface area contributed by atoms with Crippen molar-refractivity contribution in [1.82, 2.24) is 14.5 Å². The monoisotopic (exact) mass is 311 g/mol. The van der Waals surface area contributed by atoms with Gasteiger partial charge in [0.05, 0.1) is 16.9 Å². The Morgan fingerprint density at radius 3 is 2.35 bits per heavy atom. The van der Waals surface area contributed by atoms with Crippen LogP contribution in [0, 0.1) is 6.92 Å². The summed E-state index contributed by atoms with van der Waals surface area (Å²) in [6, 6.07) is 7.20. The third-order valence-electron chi connectivity index (χ3n) is 3.44. The number of nitrogens with zero attached hydrogens (tertiary/aromatic N) is 3. The molecule has 7 nitrogen and oxygen atoms in total. The van der Waals surface area contributed by atoms with Crippen LogP contribution in [-0.4, -0.2) is 35.8 Å². The first-order valence-corrected chi connectivity index (χ1v) is 6.74. The van der Waals surface area contributed by atoms with E-state index in [1.54, 1.807) is 19.2 Å². The summed E-state index contributed by atoms with van der Waals surface area (Å²) >= 11 is 0. The summed E-state index contributed by atoms with van der Waals surface area (Å²) in [4.78, 5) is 19.6. The lowest BCUT2D eigenvalue weighted by Crippen LogP contribution is -2.03. The van der Waals surface area contributed by atoms with Crippen LogP contribution in [0.2, 0.25) is 0 Å². The average Bonchev–Trinajstić information content (AvgIpc) is 2.86. The van der Waals surface area contributed by atoms with Crippen LogP contribution in [-0.2, 0) is 0 Å². The number of hydrogen-bond acceptors (Lipinski definition) is 5. The molecule has 0 saturated heterocycles. The van der Waals surface area contributed by atoms with Gasteiger partial charge in [0.15, 0.2) is 11.8 Å². The fraction of sp³-hybridized carbons (Fsp3) is 0.0625. The molecule has 3 N–H and O–H groups in total. The summed E-state index contributed by atoms with van der Waals surface area (Å²) in [5, 5.41) is 29.1. The van der Waals surface area contributed by atoms with Gasteiger partial charge in [-0.3, -0.25) is 9.97 Å². The zero-order valence-corrected chi connectivity index (χ0v) is 12.1. The lowest BCUT2D eigenvalue weighted by Gasteiger charge is -2.14. The first kappa shape index (κ1) is 14.6. The van der Waals surface area contributed by atoms with Crippen molar-refractivity contribution in [3.8, 4) is 28.8 Å². The number of carboxylic acid groups (broad SMARTS) is 1. The van der Waals surface area contributed by atoms with E-state index in [4.69, 9.17) is 5.11 Å². The highest BCUT2D eigenvalue weighted by Gasteiger charge is 2.18. The maximum Gasteiger partial charge on any atom is 0.335 e. The molecule has 0 aliphatic heterocycles. The third kappa shape index (κ3) is 2.48. The summed E-state index contributed by atoms with van der Waals surface area (Å²) in [7, 11) is 0. The molecule has 3 aromatic rings. The van der Waals surface area contributed by atoms with Crippen LogP contribution in [0.4, 0.5) is 0 Å². The molecule has 23 heavy (non-hydrogen) atoms. The van der Waals surface area contributed by atoms with Gasteiger partial charge in [-0.15, -0.1) is 0 Å². The summed E-state index contributed by atoms with van der Waals surface area (Å²) in [6.45, 7) is 1.79. The normalized spacial score (nSPS) is 10.7. The summed E-state index contributed by atoms with van der Waals surface area (Å²) in [6.07, 6.45) is 2.93. The highest BCUT2D eigenvalue weighted by atomic mass is 16.4. The smallest absolute Gasteiger partial charge is 0.335 e. The first-order chi connectivity index (χ1) is 11.0. The average molecular weight is 311 g/mol. The number of hydrogen-bond donors (Lipinski definition) is 3. The molecule has 0 bridgehead atoms. The molecule has 3 rings (SSSR count). The molecule has 0 fully saturated rings. The summed E-state index contributed by atoms with van der Waals surface area (Å²) in [5.41, 5.74) is 1.93. The summed E-state index contributed by atoms with van der Waals surface area (Å²) < 4.78 is 1.23. The van der Waals surface area contributed by atoms with Gasteiger partial charge >= 0.3 is 5.97 Å². The molecule has 0 amide bonds. The molecule has 0 saturated carbocycles. The van der Waals surface area contributed by atoms with Gasteiger partial charge in [0, 0.05) is 24.5 Å². The van der Waals surface area contributed by atoms with E-state index in [-0.39, 0.29) is 17.3 Å². The van der Waals surface area contributed by atoms with Crippen molar-refractivity contribution in [1.29, 1.82) is 0 Å². The zero-order valence-electron chi connectivity index (χ0n) is 12.1. The number of aromatic hydroxyl groups is 2. The second kappa shape index (κ2) is 5.45. The fourth-order valence-corrected chi connectivity index (χ4v) is 2.36. The van der Waals surface area contributed by atoms with Crippen LogP contribution in [0.25, 0.3) is 17.1 Å². The van der Waals surface area contributed by atoms with Gasteiger partial charge in [-0.2, -0.15) is 0 Å². The Bertz CT molecular complexity index is 883. The van der Waals surface area contributed by atoms with Crippen molar-refractivity contribution < 1.29 is 20.1 Å². The molecule has 3 heterocycles. The van der Waals surface area contributed by atoms with Crippen LogP contribution >= 0.6 is 0 Å². The predicted molar refractivity (Wildman–Crippen MR) is 81.8 cm³/mol. The molecule has 0 radical (unpaired) electrons. The lowest BCUT2D eigenvalue weighted by atomic mass is 10.1. The van der Waals surface area contributed by atoms with E-state index in [9.17, 15) is 15.0 Å². The molecule has 0 atom stereocenters. The molecule has 0 unspecified atom stereocenters. The predicted octanol–water partition coefficient (Wildman–Crippen LogP) is 2.35. The number of aromatic carboxylic acids is 1. The van der Waals surface area contributed by atoms with Crippen LogP contribution in [0.3, 0.4) is 0 Å². The van der Waals surface area contributed by atoms with Crippen molar-refractivity contribution in [3.63, 3.8) is 0 Å². The van der Waals surface area contributed by atoms with Gasteiger partial charge in [0.2, 0.25) is 0 Å². The van der Waals surface area contributed by atoms with E-state index in [0.29, 0.717) is 17.1 Å². The van der Waals surface area contributed by atoms with Crippen LogP contribution < -0.4 is 0 Å². The zero-order chi connectivity index (χ0) is 16.6. The topological polar surface area (TPSA) is 108 Å². The Morgan fingerprint density at radius 1 is 1.04 bits per heavy atom. The second-order valence-corrected chi connectivity index (χ2v) is 4.95. The molecule has 7 heteroatoms. The number of aromatic nitrogens is 3. The lowest BCUT2D eigenvalue weighted by molar-refractivity contribution is 0.0697. The maximum absolute atomic E-state index is 11.1. The summed E-state index contributed by atoms with van der Waals surface area (Å²) in [5.74, 6) is -1.39. The van der Waals surface area contributed by atoms with Crippen molar-refractivity contribution >= 4 is 5.97 Å². The van der Waals surface area contributed by atoms with E-state index in [0.717, 1.165) is 5.56 Å². The number of aryl methyl sites for hydroxylation is 1. The van der Waals surface area contributed by atoms with Gasteiger partial charge in [0.25, 0.3) is 0 Å². The standard InChI is InChI=1S/C16H13N3O4/c1-9-4-6-18-14(11-8-10(16(22)23)5-7-17-11)15(9)19-12(20)2-3-13(19)21/h2-8,20-21H,1H3,(H,22,23). The Balaban J connectivity index is 2.28. The SMILES string of the molecule is Cc1ccnc(-c2cc(C(=O)O)ccn2)c1-n1c(O)ccc1O. The van der Waals surface area contributed by atoms with Gasteiger partial charge in [-0.1, -0.05) is 0 Å². The molecule has 0 aliphatic rings. The van der Waals surface area contributed by atoms with Crippen molar-refractivity contribution in [2.24, 2.45) is 0 Å². The number of carboxylic acids is 1. The Kier molecular flexibility index (Phi) is 3.46.